The Morgan fingerprint density at radius 3 is 2.13 bits per heavy atom. The molecule has 0 aromatic heterocycles. The number of hydrogen-bond acceptors (Lipinski definition) is 5. The lowest BCUT2D eigenvalue weighted by molar-refractivity contribution is -0.122. The molecule has 8 nitrogen and oxygen atoms in total. The molecule has 0 fully saturated rings. The van der Waals surface area contributed by atoms with Crippen LogP contribution in [-0.2, 0) is 16.0 Å². The standard InChI is InChI=1S/C21H23Cl2N5O3/c1-11(2)18(27-19(30)12-6-8-13(24)9-7-12)20(31)28-21(25)26-17(29)10-14-15(22)4-3-5-16(14)23/h3-9,11,18H,10,24H2,1-2H3,(H,27,30)(H3,25,26,28,29,31)/t18-/m1/s1. The minimum absolute atomic E-state index is 0.168. The fourth-order valence-electron chi connectivity index (χ4n) is 2.67. The summed E-state index contributed by atoms with van der Waals surface area (Å²) in [6.45, 7) is 3.49. The van der Waals surface area contributed by atoms with E-state index in [2.05, 4.69) is 16.0 Å². The molecule has 3 amide bonds. The summed E-state index contributed by atoms with van der Waals surface area (Å²) < 4.78 is 0. The minimum Gasteiger partial charge on any atom is -0.399 e. The molecular formula is C21H23Cl2N5O3. The van der Waals surface area contributed by atoms with E-state index in [1.165, 1.54) is 0 Å². The van der Waals surface area contributed by atoms with Crippen molar-refractivity contribution in [2.24, 2.45) is 5.92 Å². The summed E-state index contributed by atoms with van der Waals surface area (Å²) in [7, 11) is 0. The van der Waals surface area contributed by atoms with Gasteiger partial charge in [0.05, 0.1) is 6.42 Å². The lowest BCUT2D eigenvalue weighted by atomic mass is 10.0. The number of carbonyl (C=O) groups excluding carboxylic acids is 3. The predicted octanol–water partition coefficient (Wildman–Crippen LogP) is 2.74. The van der Waals surface area contributed by atoms with Crippen molar-refractivity contribution in [2.45, 2.75) is 26.3 Å². The Morgan fingerprint density at radius 1 is 1.00 bits per heavy atom. The lowest BCUT2D eigenvalue weighted by Gasteiger charge is -2.22. The van der Waals surface area contributed by atoms with E-state index in [9.17, 15) is 14.4 Å². The van der Waals surface area contributed by atoms with Crippen LogP contribution in [0.25, 0.3) is 0 Å². The van der Waals surface area contributed by atoms with Crippen LogP contribution in [0.2, 0.25) is 10.0 Å². The number of guanidine groups is 1. The Bertz CT molecular complexity index is 973. The van der Waals surface area contributed by atoms with E-state index in [1.54, 1.807) is 56.3 Å². The van der Waals surface area contributed by atoms with Crippen LogP contribution in [0.15, 0.2) is 42.5 Å². The van der Waals surface area contributed by atoms with E-state index in [0.717, 1.165) is 0 Å². The van der Waals surface area contributed by atoms with Gasteiger partial charge in [0, 0.05) is 21.3 Å². The fraction of sp³-hybridized carbons (Fsp3) is 0.238. The van der Waals surface area contributed by atoms with Crippen molar-refractivity contribution in [3.8, 4) is 0 Å². The first-order chi connectivity index (χ1) is 14.6. The van der Waals surface area contributed by atoms with Gasteiger partial charge in [-0.2, -0.15) is 0 Å². The summed E-state index contributed by atoms with van der Waals surface area (Å²) in [6.07, 6.45) is -0.168. The molecule has 0 unspecified atom stereocenters. The van der Waals surface area contributed by atoms with E-state index in [4.69, 9.17) is 34.3 Å². The summed E-state index contributed by atoms with van der Waals surface area (Å²) >= 11 is 12.1. The third kappa shape index (κ3) is 6.97. The topological polar surface area (TPSA) is 137 Å². The molecule has 0 saturated heterocycles. The van der Waals surface area contributed by atoms with Gasteiger partial charge in [-0.1, -0.05) is 43.1 Å². The monoisotopic (exact) mass is 463 g/mol. The molecule has 0 aliphatic carbocycles. The van der Waals surface area contributed by atoms with Crippen LogP contribution in [0.1, 0.15) is 29.8 Å². The van der Waals surface area contributed by atoms with Gasteiger partial charge in [0.2, 0.25) is 17.8 Å². The van der Waals surface area contributed by atoms with Gasteiger partial charge in [0.25, 0.3) is 5.91 Å². The van der Waals surface area contributed by atoms with Crippen molar-refractivity contribution in [1.82, 2.24) is 16.0 Å². The first-order valence-corrected chi connectivity index (χ1v) is 10.1. The van der Waals surface area contributed by atoms with Crippen LogP contribution >= 0.6 is 23.2 Å². The SMILES string of the molecule is CC(C)[C@@H](NC(=O)c1ccc(N)cc1)C(=O)NC(=N)NC(=O)Cc1c(Cl)cccc1Cl. The molecule has 0 saturated carbocycles. The average Bonchev–Trinajstić information content (AvgIpc) is 2.68. The first kappa shape index (κ1) is 24.2. The molecule has 2 rings (SSSR count). The van der Waals surface area contributed by atoms with Crippen LogP contribution in [0.5, 0.6) is 0 Å². The smallest absolute Gasteiger partial charge is 0.251 e. The Hall–Kier alpha value is -3.10. The second kappa shape index (κ2) is 10.8. The molecule has 0 heterocycles. The molecule has 0 radical (unpaired) electrons. The predicted molar refractivity (Wildman–Crippen MR) is 121 cm³/mol. The van der Waals surface area contributed by atoms with Gasteiger partial charge in [-0.3, -0.25) is 30.4 Å². The number of rotatable bonds is 6. The zero-order valence-corrected chi connectivity index (χ0v) is 18.5. The maximum atomic E-state index is 12.6. The average molecular weight is 464 g/mol. The number of amides is 3. The van der Waals surface area contributed by atoms with Gasteiger partial charge in [-0.05, 0) is 47.9 Å². The third-order valence-corrected chi connectivity index (χ3v) is 5.03. The highest BCUT2D eigenvalue weighted by molar-refractivity contribution is 6.36. The quantitative estimate of drug-likeness (QED) is 0.255. The van der Waals surface area contributed by atoms with Gasteiger partial charge in [0.15, 0.2) is 0 Å². The van der Waals surface area contributed by atoms with Crippen molar-refractivity contribution < 1.29 is 14.4 Å². The Morgan fingerprint density at radius 2 is 1.58 bits per heavy atom. The normalized spacial score (nSPS) is 11.5. The van der Waals surface area contributed by atoms with Crippen molar-refractivity contribution in [3.63, 3.8) is 0 Å². The maximum Gasteiger partial charge on any atom is 0.251 e. The molecule has 0 aliphatic rings. The Kier molecular flexibility index (Phi) is 8.41. The van der Waals surface area contributed by atoms with Crippen LogP contribution in [-0.4, -0.2) is 29.7 Å². The minimum atomic E-state index is -0.930. The van der Waals surface area contributed by atoms with E-state index in [0.29, 0.717) is 26.9 Å². The largest absolute Gasteiger partial charge is 0.399 e. The van der Waals surface area contributed by atoms with Crippen molar-refractivity contribution in [2.75, 3.05) is 5.73 Å². The van der Waals surface area contributed by atoms with Crippen LogP contribution < -0.4 is 21.7 Å². The first-order valence-electron chi connectivity index (χ1n) is 9.37. The molecule has 10 heteroatoms. The zero-order valence-electron chi connectivity index (χ0n) is 17.0. The molecule has 2 aromatic carbocycles. The summed E-state index contributed by atoms with van der Waals surface area (Å²) in [5, 5.41) is 15.7. The number of nitrogens with one attached hydrogen (secondary N) is 4. The number of nitrogens with two attached hydrogens (primary N) is 1. The molecule has 31 heavy (non-hydrogen) atoms. The van der Waals surface area contributed by atoms with Crippen LogP contribution in [0.4, 0.5) is 5.69 Å². The third-order valence-electron chi connectivity index (χ3n) is 4.32. The van der Waals surface area contributed by atoms with E-state index in [1.807, 2.05) is 0 Å². The second-order valence-electron chi connectivity index (χ2n) is 7.11. The molecule has 0 bridgehead atoms. The number of carbonyl (C=O) groups is 3. The Labute approximate surface area is 190 Å². The van der Waals surface area contributed by atoms with Crippen LogP contribution in [0, 0.1) is 11.3 Å². The molecule has 0 spiro atoms. The highest BCUT2D eigenvalue weighted by atomic mass is 35.5. The van der Waals surface area contributed by atoms with E-state index >= 15 is 0 Å². The number of anilines is 1. The maximum absolute atomic E-state index is 12.6. The number of hydrogen-bond donors (Lipinski definition) is 5. The van der Waals surface area contributed by atoms with Crippen molar-refractivity contribution >= 4 is 52.6 Å². The number of halogens is 2. The van der Waals surface area contributed by atoms with E-state index in [-0.39, 0.29) is 12.3 Å². The Balaban J connectivity index is 1.96. The van der Waals surface area contributed by atoms with Gasteiger partial charge >= 0.3 is 0 Å². The molecule has 6 N–H and O–H groups in total. The molecule has 2 aromatic rings. The zero-order chi connectivity index (χ0) is 23.1. The molecule has 164 valence electrons. The summed E-state index contributed by atoms with van der Waals surface area (Å²) in [5.74, 6) is -2.47. The van der Waals surface area contributed by atoms with Gasteiger partial charge in [0.1, 0.15) is 6.04 Å². The van der Waals surface area contributed by atoms with Gasteiger partial charge in [-0.15, -0.1) is 0 Å². The highest BCUT2D eigenvalue weighted by Crippen LogP contribution is 2.24. The second-order valence-corrected chi connectivity index (χ2v) is 7.92. The molecular weight excluding hydrogens is 441 g/mol. The summed E-state index contributed by atoms with van der Waals surface area (Å²) in [5.41, 5.74) is 6.88. The number of nitrogen functional groups attached to an aromatic ring is 1. The van der Waals surface area contributed by atoms with Gasteiger partial charge in [-0.25, -0.2) is 0 Å². The van der Waals surface area contributed by atoms with Crippen molar-refractivity contribution in [3.05, 3.63) is 63.6 Å². The lowest BCUT2D eigenvalue weighted by Crippen LogP contribution is -2.54. The van der Waals surface area contributed by atoms with E-state index < -0.39 is 29.7 Å². The molecule has 1 atom stereocenters. The highest BCUT2D eigenvalue weighted by Gasteiger charge is 2.26. The summed E-state index contributed by atoms with van der Waals surface area (Å²) in [4.78, 5) is 37.2. The molecule has 0 aliphatic heterocycles. The van der Waals surface area contributed by atoms with Crippen LogP contribution in [0.3, 0.4) is 0 Å². The summed E-state index contributed by atoms with van der Waals surface area (Å²) in [6, 6.07) is 10.2. The fourth-order valence-corrected chi connectivity index (χ4v) is 3.20. The van der Waals surface area contributed by atoms with Gasteiger partial charge < -0.3 is 11.1 Å². The number of benzene rings is 2. The van der Waals surface area contributed by atoms with Crippen molar-refractivity contribution in [1.29, 1.82) is 5.41 Å².